The number of hydrogen-bond donors (Lipinski definition) is 11. The summed E-state index contributed by atoms with van der Waals surface area (Å²) in [7, 11) is 0. The number of carbonyl (C=O) groups excluding carboxylic acids is 7. The zero-order valence-corrected chi connectivity index (χ0v) is 35.0. The third-order valence-corrected chi connectivity index (χ3v) is 10.9. The highest BCUT2D eigenvalue weighted by Crippen LogP contribution is 2.22. The molecule has 1 aliphatic rings. The molecule has 1 aromatic heterocycles. The highest BCUT2D eigenvalue weighted by molar-refractivity contribution is 5.98. The van der Waals surface area contributed by atoms with E-state index in [9.17, 15) is 48.9 Å². The van der Waals surface area contributed by atoms with Crippen molar-refractivity contribution >= 4 is 52.3 Å². The first-order chi connectivity index (χ1) is 30.1. The number of aliphatic hydroxyl groups is 2. The van der Waals surface area contributed by atoms with E-state index in [1.54, 1.807) is 54.7 Å². The van der Waals surface area contributed by atoms with E-state index in [1.165, 1.54) is 30.9 Å². The lowest BCUT2D eigenvalue weighted by atomic mass is 10.0. The largest absolute Gasteiger partial charge is 0.508 e. The summed E-state index contributed by atoms with van der Waals surface area (Å²) in [5.41, 5.74) is 14.4. The van der Waals surface area contributed by atoms with Gasteiger partial charge in [-0.1, -0.05) is 60.7 Å². The third kappa shape index (κ3) is 12.6. The van der Waals surface area contributed by atoms with Gasteiger partial charge in [0.05, 0.1) is 18.8 Å². The Hall–Kier alpha value is -6.83. The second kappa shape index (κ2) is 21.8. The second-order valence-electron chi connectivity index (χ2n) is 15.6. The minimum Gasteiger partial charge on any atom is -0.508 e. The van der Waals surface area contributed by atoms with Crippen LogP contribution in [0.4, 0.5) is 0 Å². The molecule has 1 aliphatic heterocycles. The smallest absolute Gasteiger partial charge is 0.248 e. The molecule has 5 rings (SSSR count). The minimum absolute atomic E-state index is 0.0364. The lowest BCUT2D eigenvalue weighted by Gasteiger charge is -2.30. The van der Waals surface area contributed by atoms with Gasteiger partial charge >= 0.3 is 0 Å². The number of primary amides is 1. The van der Waals surface area contributed by atoms with Crippen LogP contribution in [0.2, 0.25) is 0 Å². The molecule has 0 aliphatic carbocycles. The molecule has 4 aromatic rings. The van der Waals surface area contributed by atoms with Crippen LogP contribution in [0.3, 0.4) is 0 Å². The number of nitrogens with one attached hydrogen (secondary N) is 6. The van der Waals surface area contributed by atoms with E-state index in [1.807, 2.05) is 18.2 Å². The van der Waals surface area contributed by atoms with Crippen molar-refractivity contribution in [1.82, 2.24) is 36.5 Å². The van der Waals surface area contributed by atoms with Gasteiger partial charge in [0.1, 0.15) is 42.0 Å². The van der Waals surface area contributed by atoms with Gasteiger partial charge in [0.25, 0.3) is 0 Å². The van der Waals surface area contributed by atoms with E-state index in [2.05, 4.69) is 31.6 Å². The van der Waals surface area contributed by atoms with Gasteiger partial charge in [-0.25, -0.2) is 0 Å². The van der Waals surface area contributed by atoms with Gasteiger partial charge in [-0.3, -0.25) is 33.6 Å². The number of aliphatic hydroxyl groups excluding tert-OH is 2. The monoisotopic (exact) mass is 869 g/mol. The van der Waals surface area contributed by atoms with Gasteiger partial charge < -0.3 is 63.3 Å². The van der Waals surface area contributed by atoms with Crippen LogP contribution in [-0.2, 0) is 52.8 Å². The normalized spacial score (nSPS) is 17.0. The zero-order valence-electron chi connectivity index (χ0n) is 35.0. The Labute approximate surface area is 363 Å². The maximum atomic E-state index is 14.1. The second-order valence-corrected chi connectivity index (χ2v) is 15.6. The summed E-state index contributed by atoms with van der Waals surface area (Å²) in [6, 6.07) is 13.2. The Morgan fingerprint density at radius 2 is 1.40 bits per heavy atom. The SMILES string of the molecule is C[C@H](NC(=O)[C@@H](NC(=O)[C@H](Cc1c[nH]c2ccccc12)NC(=O)[C@@H]1CCCN1C(=O)[C@H](CO)NC(=O)[C@@H](N)Cc1ccc(O)cc1)[C@@H](C)O)C(=O)N[C@@H](Cc1ccccc1)C(N)=O. The fourth-order valence-electron chi connectivity index (χ4n) is 7.34. The molecule has 1 fully saturated rings. The highest BCUT2D eigenvalue weighted by atomic mass is 16.3. The number of rotatable bonds is 20. The summed E-state index contributed by atoms with van der Waals surface area (Å²) < 4.78 is 0. The summed E-state index contributed by atoms with van der Waals surface area (Å²) in [6.45, 7) is 1.91. The number of amides is 7. The number of carbonyl (C=O) groups is 7. The number of nitrogens with zero attached hydrogens (tertiary/aromatic N) is 1. The molecule has 3 aromatic carbocycles. The minimum atomic E-state index is -1.62. The molecule has 0 spiro atoms. The fourth-order valence-corrected chi connectivity index (χ4v) is 7.34. The number of aromatic amines is 1. The molecular formula is C44H55N9O10. The molecule has 63 heavy (non-hydrogen) atoms. The summed E-state index contributed by atoms with van der Waals surface area (Å²) in [6.07, 6.45) is 0.823. The standard InChI is InChI=1S/C44H55N9O10/c1-24(39(58)49-33(38(46)57)20-26-9-4-3-5-10-26)48-43(62)37(25(2)55)52-41(60)34(21-28-22-47-32-12-7-6-11-30(28)32)50-42(61)36-13-8-18-53(36)44(63)35(23-54)51-40(59)31(45)19-27-14-16-29(56)17-15-27/h3-7,9-12,14-17,22,24-25,31,33-37,47,54-56H,8,13,18-21,23,45H2,1-2H3,(H2,46,57)(H,48,62)(H,49,58)(H,50,61)(H,51,59)(H,52,60)/t24-,25+,31-,33-,34-,35-,36-,37-/m0/s1. The van der Waals surface area contributed by atoms with Crippen LogP contribution in [-0.4, -0.2) is 128 Å². The summed E-state index contributed by atoms with van der Waals surface area (Å²) >= 11 is 0. The quantitative estimate of drug-likeness (QED) is 0.0487. The summed E-state index contributed by atoms with van der Waals surface area (Å²) in [5, 5.41) is 43.9. The van der Waals surface area contributed by atoms with Crippen LogP contribution in [0, 0.1) is 0 Å². The van der Waals surface area contributed by atoms with E-state index >= 15 is 0 Å². The van der Waals surface area contributed by atoms with Gasteiger partial charge in [-0.2, -0.15) is 0 Å². The molecule has 7 amide bonds. The molecular weight excluding hydrogens is 815 g/mol. The van der Waals surface area contributed by atoms with E-state index in [-0.39, 0.29) is 38.0 Å². The number of H-pyrrole nitrogens is 1. The maximum Gasteiger partial charge on any atom is 0.248 e. The Kier molecular flexibility index (Phi) is 16.3. The molecule has 2 heterocycles. The third-order valence-electron chi connectivity index (χ3n) is 10.9. The average Bonchev–Trinajstić information content (AvgIpc) is 3.92. The number of benzene rings is 3. The molecule has 0 bridgehead atoms. The van der Waals surface area contributed by atoms with Crippen LogP contribution in [0.25, 0.3) is 10.9 Å². The molecule has 19 heteroatoms. The van der Waals surface area contributed by atoms with Crippen LogP contribution >= 0.6 is 0 Å². The van der Waals surface area contributed by atoms with Crippen LogP contribution in [0.15, 0.2) is 85.1 Å². The van der Waals surface area contributed by atoms with Gasteiger partial charge in [0, 0.05) is 36.5 Å². The lowest BCUT2D eigenvalue weighted by Crippen LogP contribution is -2.61. The van der Waals surface area contributed by atoms with E-state index in [0.717, 1.165) is 16.5 Å². The van der Waals surface area contributed by atoms with Crippen molar-refractivity contribution in [3.8, 4) is 5.75 Å². The lowest BCUT2D eigenvalue weighted by molar-refractivity contribution is -0.143. The van der Waals surface area contributed by atoms with Crippen LogP contribution in [0.5, 0.6) is 5.75 Å². The molecule has 0 radical (unpaired) electrons. The van der Waals surface area contributed by atoms with Crippen molar-refractivity contribution in [3.63, 3.8) is 0 Å². The first-order valence-electron chi connectivity index (χ1n) is 20.6. The van der Waals surface area contributed by atoms with Crippen molar-refractivity contribution in [2.45, 2.75) is 94.3 Å². The topological polar surface area (TPSA) is 311 Å². The van der Waals surface area contributed by atoms with Crippen molar-refractivity contribution in [2.24, 2.45) is 11.5 Å². The molecule has 19 nitrogen and oxygen atoms in total. The Morgan fingerprint density at radius 1 is 0.746 bits per heavy atom. The van der Waals surface area contributed by atoms with Gasteiger partial charge in [-0.15, -0.1) is 0 Å². The van der Waals surface area contributed by atoms with Crippen molar-refractivity contribution in [2.75, 3.05) is 13.2 Å². The number of phenolic OH excluding ortho intramolecular Hbond substituents is 1. The first kappa shape index (κ1) is 47.2. The van der Waals surface area contributed by atoms with Gasteiger partial charge in [0.15, 0.2) is 0 Å². The maximum absolute atomic E-state index is 14.1. The fraction of sp³-hybridized carbons (Fsp3) is 0.386. The average molecular weight is 870 g/mol. The van der Waals surface area contributed by atoms with Gasteiger partial charge in [0.2, 0.25) is 41.4 Å². The molecule has 13 N–H and O–H groups in total. The Balaban J connectivity index is 1.28. The number of phenols is 1. The molecule has 0 saturated carbocycles. The number of aromatic hydroxyl groups is 1. The van der Waals surface area contributed by atoms with E-state index < -0.39 is 96.4 Å². The molecule has 0 unspecified atom stereocenters. The Bertz CT molecular complexity index is 2250. The predicted octanol–water partition coefficient (Wildman–Crippen LogP) is -1.48. The Morgan fingerprint density at radius 3 is 2.06 bits per heavy atom. The summed E-state index contributed by atoms with van der Waals surface area (Å²) in [4.78, 5) is 98.2. The van der Waals surface area contributed by atoms with Crippen LogP contribution < -0.4 is 38.1 Å². The first-order valence-corrected chi connectivity index (χ1v) is 20.6. The number of likely N-dealkylation sites (tertiary alicyclic amines) is 1. The zero-order chi connectivity index (χ0) is 45.8. The number of aromatic nitrogens is 1. The molecule has 8 atom stereocenters. The van der Waals surface area contributed by atoms with E-state index in [4.69, 9.17) is 11.5 Å². The number of fused-ring (bicyclic) bond motifs is 1. The van der Waals surface area contributed by atoms with E-state index in [0.29, 0.717) is 17.5 Å². The van der Waals surface area contributed by atoms with Crippen molar-refractivity contribution in [3.05, 3.63) is 102 Å². The van der Waals surface area contributed by atoms with Crippen molar-refractivity contribution < 1.29 is 48.9 Å². The summed E-state index contributed by atoms with van der Waals surface area (Å²) in [5.74, 6) is -5.52. The van der Waals surface area contributed by atoms with Crippen LogP contribution in [0.1, 0.15) is 43.4 Å². The highest BCUT2D eigenvalue weighted by Gasteiger charge is 2.40. The molecule has 1 saturated heterocycles. The number of hydrogen-bond acceptors (Lipinski definition) is 11. The van der Waals surface area contributed by atoms with Crippen molar-refractivity contribution in [1.29, 1.82) is 0 Å². The van der Waals surface area contributed by atoms with Gasteiger partial charge in [-0.05, 0) is 68.0 Å². The molecule has 336 valence electrons. The number of nitrogens with two attached hydrogens (primary N) is 2. The predicted molar refractivity (Wildman–Crippen MR) is 230 cm³/mol. The number of para-hydroxylation sites is 1.